The van der Waals surface area contributed by atoms with Crippen molar-refractivity contribution in [3.63, 3.8) is 0 Å². The number of para-hydroxylation sites is 1. The molecule has 0 bridgehead atoms. The number of hydrogen-bond donors (Lipinski definition) is 1. The fourth-order valence-electron chi connectivity index (χ4n) is 3.46. The summed E-state index contributed by atoms with van der Waals surface area (Å²) in [7, 11) is 0. The maximum Gasteiger partial charge on any atom is 0.261 e. The van der Waals surface area contributed by atoms with Crippen LogP contribution in [-0.2, 0) is 21.4 Å². The number of hydrogen-bond acceptors (Lipinski definition) is 3. The van der Waals surface area contributed by atoms with Gasteiger partial charge < -0.3 is 15.0 Å². The first kappa shape index (κ1) is 25.4. The van der Waals surface area contributed by atoms with E-state index in [0.717, 1.165) is 11.1 Å². The van der Waals surface area contributed by atoms with E-state index in [1.807, 2.05) is 68.4 Å². The molecular weight excluding hydrogens is 400 g/mol. The lowest BCUT2D eigenvalue weighted by Gasteiger charge is -2.29. The summed E-state index contributed by atoms with van der Waals surface area (Å²) in [5.74, 6) is 0.706. The summed E-state index contributed by atoms with van der Waals surface area (Å²) in [5, 5.41) is 2.94. The van der Waals surface area contributed by atoms with Gasteiger partial charge in [0.05, 0.1) is 0 Å². The highest BCUT2D eigenvalue weighted by molar-refractivity contribution is 5.88. The van der Waals surface area contributed by atoms with E-state index in [2.05, 4.69) is 26.1 Å². The number of carbonyl (C=O) groups is 2. The molecular formula is C27H38N2O3. The van der Waals surface area contributed by atoms with Gasteiger partial charge in [-0.3, -0.25) is 9.59 Å². The number of ether oxygens (including phenoxy) is 1. The van der Waals surface area contributed by atoms with Gasteiger partial charge in [0.1, 0.15) is 11.8 Å². The second kappa shape index (κ2) is 11.7. The van der Waals surface area contributed by atoms with Gasteiger partial charge in [0.15, 0.2) is 6.61 Å². The third kappa shape index (κ3) is 7.70. The van der Waals surface area contributed by atoms with Crippen LogP contribution in [0.15, 0.2) is 54.6 Å². The fraction of sp³-hybridized carbons (Fsp3) is 0.481. The average molecular weight is 439 g/mol. The molecule has 0 saturated carbocycles. The van der Waals surface area contributed by atoms with E-state index in [-0.39, 0.29) is 23.8 Å². The molecule has 0 radical (unpaired) electrons. The maximum absolute atomic E-state index is 13.2. The number of carbonyl (C=O) groups excluding carboxylic acids is 2. The molecule has 32 heavy (non-hydrogen) atoms. The van der Waals surface area contributed by atoms with Crippen LogP contribution in [0.2, 0.25) is 0 Å². The Balaban J connectivity index is 2.13. The zero-order chi connectivity index (χ0) is 23.7. The molecule has 0 aliphatic heterocycles. The fourth-order valence-corrected chi connectivity index (χ4v) is 3.46. The first-order chi connectivity index (χ1) is 15.1. The lowest BCUT2D eigenvalue weighted by molar-refractivity contribution is -0.141. The van der Waals surface area contributed by atoms with Crippen molar-refractivity contribution in [2.24, 2.45) is 5.92 Å². The molecule has 5 nitrogen and oxygen atoms in total. The van der Waals surface area contributed by atoms with Crippen molar-refractivity contribution in [1.82, 2.24) is 10.2 Å². The molecule has 2 aromatic rings. The molecule has 0 saturated heterocycles. The summed E-state index contributed by atoms with van der Waals surface area (Å²) in [6.45, 7) is 13.1. The van der Waals surface area contributed by atoms with Crippen molar-refractivity contribution < 1.29 is 14.3 Å². The minimum atomic E-state index is -0.577. The molecule has 0 aliphatic rings. The Kier molecular flexibility index (Phi) is 9.30. The van der Waals surface area contributed by atoms with Gasteiger partial charge in [-0.1, -0.05) is 83.1 Å². The van der Waals surface area contributed by atoms with Crippen LogP contribution in [0.4, 0.5) is 0 Å². The maximum atomic E-state index is 13.2. The Bertz CT molecular complexity index is 872. The topological polar surface area (TPSA) is 58.6 Å². The van der Waals surface area contributed by atoms with Crippen LogP contribution < -0.4 is 10.1 Å². The summed E-state index contributed by atoms with van der Waals surface area (Å²) >= 11 is 0. The number of nitrogens with zero attached hydrogens (tertiary/aromatic N) is 1. The zero-order valence-electron chi connectivity index (χ0n) is 20.4. The molecule has 0 unspecified atom stereocenters. The highest BCUT2D eigenvalue weighted by Gasteiger charge is 2.27. The highest BCUT2D eigenvalue weighted by Crippen LogP contribution is 2.30. The van der Waals surface area contributed by atoms with E-state index in [0.29, 0.717) is 31.2 Å². The molecule has 5 heteroatoms. The third-order valence-electron chi connectivity index (χ3n) is 5.38. The monoisotopic (exact) mass is 438 g/mol. The minimum Gasteiger partial charge on any atom is -0.483 e. The van der Waals surface area contributed by atoms with Gasteiger partial charge in [-0.25, -0.2) is 0 Å². The van der Waals surface area contributed by atoms with Gasteiger partial charge >= 0.3 is 0 Å². The third-order valence-corrected chi connectivity index (χ3v) is 5.38. The Morgan fingerprint density at radius 1 is 0.969 bits per heavy atom. The van der Waals surface area contributed by atoms with Crippen LogP contribution in [-0.4, -0.2) is 42.5 Å². The summed E-state index contributed by atoms with van der Waals surface area (Å²) < 4.78 is 5.96. The standard InChI is InChI=1S/C27H38N2O3/c1-20(2)18-28-26(31)21(3)29(17-16-22-12-8-7-9-13-22)25(30)19-32-24-15-11-10-14-23(24)27(4,5)6/h7-15,20-21H,16-19H2,1-6H3,(H,28,31)/t21-/m1/s1. The molecule has 2 amide bonds. The van der Waals surface area contributed by atoms with Crippen LogP contribution in [0.5, 0.6) is 5.75 Å². The van der Waals surface area contributed by atoms with E-state index in [9.17, 15) is 9.59 Å². The van der Waals surface area contributed by atoms with Gasteiger partial charge in [-0.05, 0) is 41.9 Å². The van der Waals surface area contributed by atoms with Crippen LogP contribution in [0, 0.1) is 5.92 Å². The van der Waals surface area contributed by atoms with Gasteiger partial charge in [-0.15, -0.1) is 0 Å². The molecule has 2 aromatic carbocycles. The van der Waals surface area contributed by atoms with Gasteiger partial charge in [0, 0.05) is 13.1 Å². The summed E-state index contributed by atoms with van der Waals surface area (Å²) in [6, 6.07) is 17.2. The van der Waals surface area contributed by atoms with Crippen molar-refractivity contribution in [2.45, 2.75) is 59.4 Å². The zero-order valence-corrected chi connectivity index (χ0v) is 20.4. The minimum absolute atomic E-state index is 0.101. The van der Waals surface area contributed by atoms with Crippen molar-refractivity contribution in [3.8, 4) is 5.75 Å². The van der Waals surface area contributed by atoms with Gasteiger partial charge in [0.25, 0.3) is 5.91 Å². The molecule has 1 atom stereocenters. The SMILES string of the molecule is CC(C)CNC(=O)[C@@H](C)N(CCc1ccccc1)C(=O)COc1ccccc1C(C)(C)C. The van der Waals surface area contributed by atoms with Crippen LogP contribution in [0.25, 0.3) is 0 Å². The Hall–Kier alpha value is -2.82. The summed E-state index contributed by atoms with van der Waals surface area (Å²) in [5.41, 5.74) is 2.07. The number of benzene rings is 2. The van der Waals surface area contributed by atoms with E-state index in [1.165, 1.54) is 0 Å². The van der Waals surface area contributed by atoms with E-state index < -0.39 is 6.04 Å². The summed E-state index contributed by atoms with van der Waals surface area (Å²) in [4.78, 5) is 27.5. The number of rotatable bonds is 10. The lowest BCUT2D eigenvalue weighted by atomic mass is 9.86. The Morgan fingerprint density at radius 2 is 1.59 bits per heavy atom. The number of nitrogens with one attached hydrogen (secondary N) is 1. The van der Waals surface area contributed by atoms with Crippen LogP contribution in [0.3, 0.4) is 0 Å². The predicted octanol–water partition coefficient (Wildman–Crippen LogP) is 4.59. The highest BCUT2D eigenvalue weighted by atomic mass is 16.5. The first-order valence-electron chi connectivity index (χ1n) is 11.4. The van der Waals surface area contributed by atoms with Crippen molar-refractivity contribution in [2.75, 3.05) is 19.7 Å². The van der Waals surface area contributed by atoms with Gasteiger partial charge in [0.2, 0.25) is 5.91 Å². The Labute approximate surface area is 193 Å². The van der Waals surface area contributed by atoms with Gasteiger partial charge in [-0.2, -0.15) is 0 Å². The first-order valence-corrected chi connectivity index (χ1v) is 11.4. The average Bonchev–Trinajstić information content (AvgIpc) is 2.76. The molecule has 0 aliphatic carbocycles. The molecule has 2 rings (SSSR count). The Morgan fingerprint density at radius 3 is 2.22 bits per heavy atom. The largest absolute Gasteiger partial charge is 0.483 e. The van der Waals surface area contributed by atoms with E-state index in [1.54, 1.807) is 11.8 Å². The molecule has 0 aromatic heterocycles. The molecule has 1 N–H and O–H groups in total. The van der Waals surface area contributed by atoms with Crippen LogP contribution >= 0.6 is 0 Å². The van der Waals surface area contributed by atoms with Crippen molar-refractivity contribution in [1.29, 1.82) is 0 Å². The van der Waals surface area contributed by atoms with Crippen molar-refractivity contribution in [3.05, 3.63) is 65.7 Å². The van der Waals surface area contributed by atoms with Crippen LogP contribution in [0.1, 0.15) is 52.7 Å². The van der Waals surface area contributed by atoms with E-state index >= 15 is 0 Å². The summed E-state index contributed by atoms with van der Waals surface area (Å²) in [6.07, 6.45) is 0.674. The predicted molar refractivity (Wildman–Crippen MR) is 130 cm³/mol. The quantitative estimate of drug-likeness (QED) is 0.590. The molecule has 0 spiro atoms. The molecule has 174 valence electrons. The second-order valence-corrected chi connectivity index (χ2v) is 9.67. The lowest BCUT2D eigenvalue weighted by Crippen LogP contribution is -2.50. The smallest absolute Gasteiger partial charge is 0.261 e. The number of amides is 2. The van der Waals surface area contributed by atoms with E-state index in [4.69, 9.17) is 4.74 Å². The van der Waals surface area contributed by atoms with Crippen molar-refractivity contribution >= 4 is 11.8 Å². The molecule has 0 fully saturated rings. The molecule has 0 heterocycles. The second-order valence-electron chi connectivity index (χ2n) is 9.67. The normalized spacial score (nSPS) is 12.3.